The predicted molar refractivity (Wildman–Crippen MR) is 71.0 cm³/mol. The van der Waals surface area contributed by atoms with Gasteiger partial charge in [-0.25, -0.2) is 4.79 Å². The average molecular weight is 264 g/mol. The molecule has 19 heavy (non-hydrogen) atoms. The summed E-state index contributed by atoms with van der Waals surface area (Å²) in [6.07, 6.45) is 2.45. The normalized spacial score (nSPS) is 14.2. The van der Waals surface area contributed by atoms with E-state index in [-0.39, 0.29) is 12.6 Å². The van der Waals surface area contributed by atoms with Crippen LogP contribution in [0.4, 0.5) is 0 Å². The van der Waals surface area contributed by atoms with E-state index in [4.69, 9.17) is 9.47 Å². The lowest BCUT2D eigenvalue weighted by Gasteiger charge is -2.11. The summed E-state index contributed by atoms with van der Waals surface area (Å²) in [5.41, 5.74) is 1.78. The van der Waals surface area contributed by atoms with Crippen molar-refractivity contribution in [1.82, 2.24) is 10.3 Å². The molecule has 0 amide bonds. The number of esters is 1. The average Bonchev–Trinajstić information content (AvgIpc) is 3.19. The van der Waals surface area contributed by atoms with Crippen LogP contribution in [0.2, 0.25) is 0 Å². The molecule has 0 aromatic carbocycles. The zero-order chi connectivity index (χ0) is 13.7. The second-order valence-corrected chi connectivity index (χ2v) is 4.65. The molecule has 0 unspecified atom stereocenters. The van der Waals surface area contributed by atoms with Gasteiger partial charge in [-0.15, -0.1) is 0 Å². The fraction of sp³-hybridized carbons (Fsp3) is 0.571. The lowest BCUT2D eigenvalue weighted by atomic mass is 10.3. The number of hydrogen-bond acceptors (Lipinski definition) is 5. The zero-order valence-corrected chi connectivity index (χ0v) is 11.4. The number of carbonyl (C=O) groups excluding carboxylic acids is 1. The first kappa shape index (κ1) is 13.8. The molecule has 1 aliphatic rings. The monoisotopic (exact) mass is 264 g/mol. The van der Waals surface area contributed by atoms with Gasteiger partial charge in [0.2, 0.25) is 0 Å². The van der Waals surface area contributed by atoms with E-state index in [9.17, 15) is 4.79 Å². The number of pyridine rings is 1. The van der Waals surface area contributed by atoms with E-state index < -0.39 is 0 Å². The maximum atomic E-state index is 11.3. The van der Waals surface area contributed by atoms with Crippen LogP contribution in [0.25, 0.3) is 0 Å². The van der Waals surface area contributed by atoms with Crippen molar-refractivity contribution in [3.05, 3.63) is 23.5 Å². The highest BCUT2D eigenvalue weighted by atomic mass is 16.6. The molecule has 1 fully saturated rings. The molecule has 0 aliphatic heterocycles. The highest BCUT2D eigenvalue weighted by Crippen LogP contribution is 2.22. The Morgan fingerprint density at radius 3 is 2.95 bits per heavy atom. The summed E-state index contributed by atoms with van der Waals surface area (Å²) in [6, 6.07) is 4.34. The molecule has 0 saturated heterocycles. The van der Waals surface area contributed by atoms with Gasteiger partial charge in [0.25, 0.3) is 0 Å². The van der Waals surface area contributed by atoms with Crippen molar-refractivity contribution in [1.29, 1.82) is 0 Å². The molecule has 0 atom stereocenters. The minimum absolute atomic E-state index is 0.0744. The third-order valence-corrected chi connectivity index (χ3v) is 2.86. The number of nitrogens with zero attached hydrogens (tertiary/aromatic N) is 1. The van der Waals surface area contributed by atoms with Crippen LogP contribution >= 0.6 is 0 Å². The molecule has 0 bridgehead atoms. The number of carbonyl (C=O) groups is 1. The standard InChI is InChI=1S/C14H20N2O3/c1-3-18-14(17)9-19-13-7-4-10(2)16-12(13)8-15-11-5-6-11/h4,7,11,15H,3,5-6,8-9H2,1-2H3. The molecule has 1 aromatic rings. The first-order chi connectivity index (χ1) is 9.19. The summed E-state index contributed by atoms with van der Waals surface area (Å²) in [6.45, 7) is 4.68. The van der Waals surface area contributed by atoms with Gasteiger partial charge in [-0.2, -0.15) is 0 Å². The molecule has 1 heterocycles. The van der Waals surface area contributed by atoms with Crippen LogP contribution in [0.15, 0.2) is 12.1 Å². The van der Waals surface area contributed by atoms with Gasteiger partial charge in [-0.05, 0) is 38.8 Å². The second-order valence-electron chi connectivity index (χ2n) is 4.65. The van der Waals surface area contributed by atoms with Crippen LogP contribution in [-0.2, 0) is 16.1 Å². The molecule has 5 heteroatoms. The fourth-order valence-corrected chi connectivity index (χ4v) is 1.72. The van der Waals surface area contributed by atoms with E-state index in [0.717, 1.165) is 11.4 Å². The van der Waals surface area contributed by atoms with Gasteiger partial charge in [0.1, 0.15) is 5.75 Å². The quantitative estimate of drug-likeness (QED) is 0.758. The number of rotatable bonds is 7. The second kappa shape index (κ2) is 6.52. The Kier molecular flexibility index (Phi) is 4.74. The van der Waals surface area contributed by atoms with E-state index in [1.165, 1.54) is 12.8 Å². The van der Waals surface area contributed by atoms with Crippen molar-refractivity contribution in [2.75, 3.05) is 13.2 Å². The third-order valence-electron chi connectivity index (χ3n) is 2.86. The number of aryl methyl sites for hydroxylation is 1. The molecular formula is C14H20N2O3. The molecule has 104 valence electrons. The SMILES string of the molecule is CCOC(=O)COc1ccc(C)nc1CNC1CC1. The summed E-state index contributed by atoms with van der Waals surface area (Å²) in [5.74, 6) is 0.288. The summed E-state index contributed by atoms with van der Waals surface area (Å²) in [7, 11) is 0. The lowest BCUT2D eigenvalue weighted by molar-refractivity contribution is -0.145. The van der Waals surface area contributed by atoms with Gasteiger partial charge in [-0.3, -0.25) is 4.98 Å². The first-order valence-corrected chi connectivity index (χ1v) is 6.67. The molecule has 1 N–H and O–H groups in total. The van der Waals surface area contributed by atoms with Gasteiger partial charge < -0.3 is 14.8 Å². The number of nitrogens with one attached hydrogen (secondary N) is 1. The summed E-state index contributed by atoms with van der Waals surface area (Å²) in [5, 5.41) is 3.39. The van der Waals surface area contributed by atoms with Gasteiger partial charge in [0.05, 0.1) is 12.3 Å². The van der Waals surface area contributed by atoms with Gasteiger partial charge in [0.15, 0.2) is 6.61 Å². The van der Waals surface area contributed by atoms with Crippen LogP contribution in [-0.4, -0.2) is 30.2 Å². The fourth-order valence-electron chi connectivity index (χ4n) is 1.72. The topological polar surface area (TPSA) is 60.5 Å². The molecule has 1 aromatic heterocycles. The van der Waals surface area contributed by atoms with Crippen molar-refractivity contribution in [3.63, 3.8) is 0 Å². The Hall–Kier alpha value is -1.62. The van der Waals surface area contributed by atoms with Crippen molar-refractivity contribution >= 4 is 5.97 Å². The number of ether oxygens (including phenoxy) is 2. The Morgan fingerprint density at radius 2 is 2.26 bits per heavy atom. The third kappa shape index (κ3) is 4.52. The van der Waals surface area contributed by atoms with Crippen LogP contribution < -0.4 is 10.1 Å². The minimum Gasteiger partial charge on any atom is -0.480 e. The van der Waals surface area contributed by atoms with E-state index in [2.05, 4.69) is 10.3 Å². The Labute approximate surface area is 113 Å². The summed E-state index contributed by atoms with van der Waals surface area (Å²) < 4.78 is 10.3. The Balaban J connectivity index is 1.94. The molecule has 5 nitrogen and oxygen atoms in total. The van der Waals surface area contributed by atoms with Gasteiger partial charge in [-0.1, -0.05) is 0 Å². The highest BCUT2D eigenvalue weighted by molar-refractivity contribution is 5.71. The molecule has 1 saturated carbocycles. The molecular weight excluding hydrogens is 244 g/mol. The van der Waals surface area contributed by atoms with Crippen molar-refractivity contribution in [2.45, 2.75) is 39.3 Å². The number of aromatic nitrogens is 1. The molecule has 0 spiro atoms. The lowest BCUT2D eigenvalue weighted by Crippen LogP contribution is -2.19. The van der Waals surface area contributed by atoms with E-state index in [1.807, 2.05) is 19.1 Å². The van der Waals surface area contributed by atoms with E-state index >= 15 is 0 Å². The smallest absolute Gasteiger partial charge is 0.344 e. The van der Waals surface area contributed by atoms with E-state index in [0.29, 0.717) is 24.9 Å². The Bertz CT molecular complexity index is 444. The molecule has 0 radical (unpaired) electrons. The van der Waals surface area contributed by atoms with Crippen molar-refractivity contribution < 1.29 is 14.3 Å². The summed E-state index contributed by atoms with van der Waals surface area (Å²) in [4.78, 5) is 15.7. The van der Waals surface area contributed by atoms with Gasteiger partial charge in [0, 0.05) is 18.3 Å². The highest BCUT2D eigenvalue weighted by Gasteiger charge is 2.21. The first-order valence-electron chi connectivity index (χ1n) is 6.67. The zero-order valence-electron chi connectivity index (χ0n) is 11.4. The molecule has 1 aliphatic carbocycles. The van der Waals surface area contributed by atoms with Gasteiger partial charge >= 0.3 is 5.97 Å². The van der Waals surface area contributed by atoms with Crippen molar-refractivity contribution in [2.24, 2.45) is 0 Å². The van der Waals surface area contributed by atoms with Crippen LogP contribution in [0.1, 0.15) is 31.2 Å². The largest absolute Gasteiger partial charge is 0.480 e. The van der Waals surface area contributed by atoms with E-state index in [1.54, 1.807) is 6.92 Å². The maximum Gasteiger partial charge on any atom is 0.344 e. The number of hydrogen-bond donors (Lipinski definition) is 1. The van der Waals surface area contributed by atoms with Crippen LogP contribution in [0.5, 0.6) is 5.75 Å². The van der Waals surface area contributed by atoms with Crippen LogP contribution in [0.3, 0.4) is 0 Å². The van der Waals surface area contributed by atoms with Crippen LogP contribution in [0, 0.1) is 6.92 Å². The minimum atomic E-state index is -0.357. The maximum absolute atomic E-state index is 11.3. The predicted octanol–water partition coefficient (Wildman–Crippen LogP) is 1.58. The van der Waals surface area contributed by atoms with Crippen molar-refractivity contribution in [3.8, 4) is 5.75 Å². The Morgan fingerprint density at radius 1 is 1.47 bits per heavy atom. The summed E-state index contributed by atoms with van der Waals surface area (Å²) >= 11 is 0. The molecule has 2 rings (SSSR count).